The lowest BCUT2D eigenvalue weighted by Crippen LogP contribution is -2.36. The second-order valence-electron chi connectivity index (χ2n) is 8.74. The van der Waals surface area contributed by atoms with E-state index in [4.69, 9.17) is 13.6 Å². The molecule has 0 spiro atoms. The molecular weight excluding hydrogens is 400 g/mol. The molecule has 166 valence electrons. The maximum absolute atomic E-state index is 5.68. The molecule has 0 saturated heterocycles. The van der Waals surface area contributed by atoms with Gasteiger partial charge in [-0.1, -0.05) is 0 Å². The van der Waals surface area contributed by atoms with Gasteiger partial charge in [0.1, 0.15) is 23.3 Å². The summed E-state index contributed by atoms with van der Waals surface area (Å²) in [6.45, 7) is 0. The summed E-state index contributed by atoms with van der Waals surface area (Å²) in [6, 6.07) is 16.6. The van der Waals surface area contributed by atoms with E-state index < -0.39 is 0 Å². The highest BCUT2D eigenvalue weighted by Gasteiger charge is 2.27. The minimum Gasteiger partial charge on any atom is -0.497 e. The van der Waals surface area contributed by atoms with Gasteiger partial charge in [-0.15, -0.1) is 0 Å². The van der Waals surface area contributed by atoms with Gasteiger partial charge in [0.05, 0.1) is 25.2 Å². The summed E-state index contributed by atoms with van der Waals surface area (Å²) in [4.78, 5) is 4.51. The van der Waals surface area contributed by atoms with E-state index in [-0.39, 0.29) is 6.04 Å². The molecule has 0 aliphatic heterocycles. The SMILES string of the molecule is COc1ccc2nccc(CCC3CCC(NC(c4ccco4)c4ccco4)CC3)c2c1. The topological polar surface area (TPSA) is 60.4 Å². The maximum Gasteiger partial charge on any atom is 0.128 e. The molecule has 0 atom stereocenters. The predicted molar refractivity (Wildman–Crippen MR) is 125 cm³/mol. The lowest BCUT2D eigenvalue weighted by atomic mass is 9.82. The van der Waals surface area contributed by atoms with Gasteiger partial charge in [-0.05, 0) is 98.5 Å². The number of benzene rings is 1. The molecule has 1 fully saturated rings. The standard InChI is InChI=1S/C27H30N2O3/c1-30-22-12-13-24-23(18-22)20(14-15-28-24)9-6-19-7-10-21(11-8-19)29-27(25-4-2-16-31-25)26-5-3-17-32-26/h2-5,12-19,21,27,29H,6-11H2,1H3. The Labute approximate surface area is 188 Å². The van der Waals surface area contributed by atoms with Gasteiger partial charge < -0.3 is 13.6 Å². The summed E-state index contributed by atoms with van der Waals surface area (Å²) in [5.74, 6) is 3.46. The molecule has 0 bridgehead atoms. The minimum absolute atomic E-state index is 0.0280. The van der Waals surface area contributed by atoms with Gasteiger partial charge in [0.25, 0.3) is 0 Å². The molecule has 0 radical (unpaired) electrons. The van der Waals surface area contributed by atoms with Crippen LogP contribution in [0.4, 0.5) is 0 Å². The first-order valence-corrected chi connectivity index (χ1v) is 11.5. The smallest absolute Gasteiger partial charge is 0.128 e. The fourth-order valence-corrected chi connectivity index (χ4v) is 4.96. The van der Waals surface area contributed by atoms with Crippen LogP contribution in [0, 0.1) is 5.92 Å². The summed E-state index contributed by atoms with van der Waals surface area (Å²) in [5.41, 5.74) is 2.41. The van der Waals surface area contributed by atoms with E-state index in [1.165, 1.54) is 43.1 Å². The number of nitrogens with zero attached hydrogens (tertiary/aromatic N) is 1. The number of methoxy groups -OCH3 is 1. The van der Waals surface area contributed by atoms with Crippen LogP contribution in [-0.2, 0) is 6.42 Å². The number of hydrogen-bond donors (Lipinski definition) is 1. The molecule has 1 N–H and O–H groups in total. The molecule has 1 saturated carbocycles. The van der Waals surface area contributed by atoms with Crippen LogP contribution in [0.1, 0.15) is 55.2 Å². The Hall–Kier alpha value is -3.05. The second kappa shape index (κ2) is 9.61. The first-order valence-electron chi connectivity index (χ1n) is 11.5. The van der Waals surface area contributed by atoms with E-state index in [2.05, 4.69) is 22.4 Å². The fourth-order valence-electron chi connectivity index (χ4n) is 4.96. The summed E-state index contributed by atoms with van der Waals surface area (Å²) in [7, 11) is 1.71. The van der Waals surface area contributed by atoms with Gasteiger partial charge in [0.15, 0.2) is 0 Å². The molecule has 5 nitrogen and oxygen atoms in total. The van der Waals surface area contributed by atoms with Crippen LogP contribution in [-0.4, -0.2) is 18.1 Å². The number of aromatic nitrogens is 1. The van der Waals surface area contributed by atoms with E-state index >= 15 is 0 Å². The van der Waals surface area contributed by atoms with Crippen molar-refractivity contribution in [1.82, 2.24) is 10.3 Å². The van der Waals surface area contributed by atoms with Crippen molar-refractivity contribution in [2.24, 2.45) is 5.92 Å². The van der Waals surface area contributed by atoms with Crippen molar-refractivity contribution in [2.45, 2.75) is 50.6 Å². The Kier molecular flexibility index (Phi) is 6.26. The number of fused-ring (bicyclic) bond motifs is 1. The molecule has 5 heteroatoms. The average Bonchev–Trinajstić information content (AvgIpc) is 3.56. The van der Waals surface area contributed by atoms with Crippen molar-refractivity contribution in [3.8, 4) is 5.75 Å². The Balaban J connectivity index is 1.18. The van der Waals surface area contributed by atoms with Crippen molar-refractivity contribution in [2.75, 3.05) is 7.11 Å². The van der Waals surface area contributed by atoms with Crippen molar-refractivity contribution in [1.29, 1.82) is 0 Å². The lowest BCUT2D eigenvalue weighted by Gasteiger charge is -2.31. The van der Waals surface area contributed by atoms with E-state index in [1.54, 1.807) is 19.6 Å². The number of ether oxygens (including phenoxy) is 1. The fraction of sp³-hybridized carbons (Fsp3) is 0.370. The average molecular weight is 431 g/mol. The van der Waals surface area contributed by atoms with Crippen LogP contribution in [0.5, 0.6) is 5.75 Å². The third kappa shape index (κ3) is 4.58. The van der Waals surface area contributed by atoms with Gasteiger partial charge in [-0.2, -0.15) is 0 Å². The molecule has 3 aromatic heterocycles. The van der Waals surface area contributed by atoms with Gasteiger partial charge in [0, 0.05) is 17.6 Å². The van der Waals surface area contributed by atoms with Crippen molar-refractivity contribution in [3.63, 3.8) is 0 Å². The molecule has 0 unspecified atom stereocenters. The van der Waals surface area contributed by atoms with Gasteiger partial charge in [-0.25, -0.2) is 0 Å². The molecule has 5 rings (SSSR count). The van der Waals surface area contributed by atoms with Crippen molar-refractivity contribution < 1.29 is 13.6 Å². The quantitative estimate of drug-likeness (QED) is 0.355. The van der Waals surface area contributed by atoms with Crippen LogP contribution in [0.15, 0.2) is 76.1 Å². The number of nitrogens with one attached hydrogen (secondary N) is 1. The number of furan rings is 2. The van der Waals surface area contributed by atoms with E-state index in [0.29, 0.717) is 6.04 Å². The van der Waals surface area contributed by atoms with Crippen LogP contribution in [0.2, 0.25) is 0 Å². The number of pyridine rings is 1. The molecule has 0 amide bonds. The highest BCUT2D eigenvalue weighted by Crippen LogP contribution is 2.32. The first kappa shape index (κ1) is 20.8. The maximum atomic E-state index is 5.68. The number of hydrogen-bond acceptors (Lipinski definition) is 5. The van der Waals surface area contributed by atoms with Gasteiger partial charge >= 0.3 is 0 Å². The normalized spacial score (nSPS) is 18.9. The molecule has 3 heterocycles. The molecule has 32 heavy (non-hydrogen) atoms. The zero-order valence-corrected chi connectivity index (χ0v) is 18.5. The summed E-state index contributed by atoms with van der Waals surface area (Å²) in [6.07, 6.45) is 12.5. The Morgan fingerprint density at radius 1 is 1.00 bits per heavy atom. The molecule has 4 aromatic rings. The monoisotopic (exact) mass is 430 g/mol. The van der Waals surface area contributed by atoms with Crippen LogP contribution in [0.3, 0.4) is 0 Å². The zero-order valence-electron chi connectivity index (χ0n) is 18.5. The highest BCUT2D eigenvalue weighted by atomic mass is 16.5. The predicted octanol–water partition coefficient (Wildman–Crippen LogP) is 6.30. The zero-order chi connectivity index (χ0) is 21.8. The lowest BCUT2D eigenvalue weighted by molar-refractivity contribution is 0.255. The number of aryl methyl sites for hydroxylation is 1. The molecule has 1 aliphatic carbocycles. The first-order chi connectivity index (χ1) is 15.8. The van der Waals surface area contributed by atoms with E-state index in [9.17, 15) is 0 Å². The van der Waals surface area contributed by atoms with Crippen LogP contribution in [0.25, 0.3) is 10.9 Å². The van der Waals surface area contributed by atoms with Crippen molar-refractivity contribution >= 4 is 10.9 Å². The van der Waals surface area contributed by atoms with E-state index in [0.717, 1.165) is 35.1 Å². The summed E-state index contributed by atoms with van der Waals surface area (Å²) in [5, 5.41) is 4.99. The van der Waals surface area contributed by atoms with E-state index in [1.807, 2.05) is 42.6 Å². The van der Waals surface area contributed by atoms with Crippen LogP contribution < -0.4 is 10.1 Å². The minimum atomic E-state index is -0.0280. The van der Waals surface area contributed by atoms with Gasteiger partial charge in [-0.3, -0.25) is 10.3 Å². The Morgan fingerprint density at radius 3 is 2.41 bits per heavy atom. The second-order valence-corrected chi connectivity index (χ2v) is 8.74. The molecule has 1 aliphatic rings. The summed E-state index contributed by atoms with van der Waals surface area (Å²) < 4.78 is 16.8. The van der Waals surface area contributed by atoms with Crippen LogP contribution >= 0.6 is 0 Å². The Bertz CT molecular complexity index is 1080. The largest absolute Gasteiger partial charge is 0.497 e. The third-order valence-corrected chi connectivity index (χ3v) is 6.77. The highest BCUT2D eigenvalue weighted by molar-refractivity contribution is 5.83. The molecular formula is C27H30N2O3. The third-order valence-electron chi connectivity index (χ3n) is 6.77. The summed E-state index contributed by atoms with van der Waals surface area (Å²) >= 11 is 0. The number of rotatable bonds is 8. The van der Waals surface area contributed by atoms with Crippen molar-refractivity contribution in [3.05, 3.63) is 84.3 Å². The molecule has 1 aromatic carbocycles. The Morgan fingerprint density at radius 2 is 1.75 bits per heavy atom. The van der Waals surface area contributed by atoms with Gasteiger partial charge in [0.2, 0.25) is 0 Å².